The lowest BCUT2D eigenvalue weighted by atomic mass is 10.1. The van der Waals surface area contributed by atoms with Crippen LogP contribution in [0.5, 0.6) is 0 Å². The Morgan fingerprint density at radius 2 is 2.05 bits per heavy atom. The standard InChI is InChI=1S/C16H25N3O/c1-2-5-13-6-3-4-7-15(13)18-16(20)12-19-10-8-14(17)9-11-19/h3-4,6-7,14H,2,5,8-12,17H2,1H3,(H,18,20). The van der Waals surface area contributed by atoms with Crippen LogP contribution in [0, 0.1) is 0 Å². The fraction of sp³-hybridized carbons (Fsp3) is 0.562. The highest BCUT2D eigenvalue weighted by molar-refractivity contribution is 5.93. The summed E-state index contributed by atoms with van der Waals surface area (Å²) in [7, 11) is 0. The first-order valence-corrected chi connectivity index (χ1v) is 7.54. The summed E-state index contributed by atoms with van der Waals surface area (Å²) in [6.45, 7) is 4.46. The number of carbonyl (C=O) groups is 1. The number of para-hydroxylation sites is 1. The van der Waals surface area contributed by atoms with Gasteiger partial charge in [-0.15, -0.1) is 0 Å². The summed E-state index contributed by atoms with van der Waals surface area (Å²) in [6.07, 6.45) is 4.05. The summed E-state index contributed by atoms with van der Waals surface area (Å²) in [5.41, 5.74) is 8.04. The van der Waals surface area contributed by atoms with Crippen LogP contribution in [0.25, 0.3) is 0 Å². The quantitative estimate of drug-likeness (QED) is 0.864. The Labute approximate surface area is 121 Å². The predicted octanol–water partition coefficient (Wildman–Crippen LogP) is 2.00. The highest BCUT2D eigenvalue weighted by atomic mass is 16.2. The number of anilines is 1. The number of likely N-dealkylation sites (tertiary alicyclic amines) is 1. The van der Waals surface area contributed by atoms with Crippen molar-refractivity contribution in [2.24, 2.45) is 5.73 Å². The van der Waals surface area contributed by atoms with E-state index in [9.17, 15) is 4.79 Å². The molecule has 0 aromatic heterocycles. The summed E-state index contributed by atoms with van der Waals surface area (Å²) in [4.78, 5) is 14.3. The maximum Gasteiger partial charge on any atom is 0.238 e. The molecule has 0 unspecified atom stereocenters. The van der Waals surface area contributed by atoms with E-state index < -0.39 is 0 Å². The van der Waals surface area contributed by atoms with Gasteiger partial charge in [0.15, 0.2) is 0 Å². The molecule has 3 N–H and O–H groups in total. The molecule has 1 heterocycles. The maximum absolute atomic E-state index is 12.1. The maximum atomic E-state index is 12.1. The second kappa shape index (κ2) is 7.41. The summed E-state index contributed by atoms with van der Waals surface area (Å²) in [5, 5.41) is 3.04. The van der Waals surface area contributed by atoms with E-state index in [1.165, 1.54) is 5.56 Å². The molecule has 2 rings (SSSR count). The van der Waals surface area contributed by atoms with Gasteiger partial charge in [-0.25, -0.2) is 0 Å². The molecule has 0 spiro atoms. The van der Waals surface area contributed by atoms with Crippen LogP contribution in [0.3, 0.4) is 0 Å². The monoisotopic (exact) mass is 275 g/mol. The van der Waals surface area contributed by atoms with Crippen LogP contribution in [0.4, 0.5) is 5.69 Å². The molecular formula is C16H25N3O. The van der Waals surface area contributed by atoms with Crippen molar-refractivity contribution < 1.29 is 4.79 Å². The number of benzene rings is 1. The number of hydrogen-bond acceptors (Lipinski definition) is 3. The van der Waals surface area contributed by atoms with Crippen LogP contribution in [-0.2, 0) is 11.2 Å². The second-order valence-electron chi connectivity index (χ2n) is 5.57. The molecule has 0 bridgehead atoms. The molecule has 0 aliphatic carbocycles. The van der Waals surface area contributed by atoms with Crippen molar-refractivity contribution in [3.05, 3.63) is 29.8 Å². The van der Waals surface area contributed by atoms with Gasteiger partial charge >= 0.3 is 0 Å². The lowest BCUT2D eigenvalue weighted by Gasteiger charge is -2.29. The largest absolute Gasteiger partial charge is 0.328 e. The van der Waals surface area contributed by atoms with Crippen LogP contribution in [0.15, 0.2) is 24.3 Å². The normalized spacial score (nSPS) is 17.1. The van der Waals surface area contributed by atoms with E-state index in [4.69, 9.17) is 5.73 Å². The summed E-state index contributed by atoms with van der Waals surface area (Å²) in [6, 6.07) is 8.36. The van der Waals surface area contributed by atoms with Gasteiger partial charge in [-0.3, -0.25) is 9.69 Å². The molecule has 1 aromatic rings. The number of amides is 1. The van der Waals surface area contributed by atoms with Gasteiger partial charge in [0, 0.05) is 24.8 Å². The molecule has 20 heavy (non-hydrogen) atoms. The van der Waals surface area contributed by atoms with Crippen molar-refractivity contribution in [2.75, 3.05) is 25.0 Å². The molecule has 1 amide bonds. The van der Waals surface area contributed by atoms with Crippen molar-refractivity contribution in [1.82, 2.24) is 4.90 Å². The Kier molecular flexibility index (Phi) is 5.56. The number of piperidine rings is 1. The molecule has 0 atom stereocenters. The molecule has 1 fully saturated rings. The van der Waals surface area contributed by atoms with Crippen LogP contribution in [-0.4, -0.2) is 36.5 Å². The van der Waals surface area contributed by atoms with E-state index in [2.05, 4.69) is 23.2 Å². The zero-order chi connectivity index (χ0) is 14.4. The van der Waals surface area contributed by atoms with Crippen molar-refractivity contribution in [3.8, 4) is 0 Å². The van der Waals surface area contributed by atoms with Gasteiger partial charge in [0.25, 0.3) is 0 Å². The van der Waals surface area contributed by atoms with E-state index in [-0.39, 0.29) is 5.91 Å². The highest BCUT2D eigenvalue weighted by Gasteiger charge is 2.18. The van der Waals surface area contributed by atoms with Crippen LogP contribution in [0.2, 0.25) is 0 Å². The second-order valence-corrected chi connectivity index (χ2v) is 5.57. The zero-order valence-electron chi connectivity index (χ0n) is 12.3. The molecule has 1 aromatic carbocycles. The van der Waals surface area contributed by atoms with E-state index in [1.807, 2.05) is 18.2 Å². The summed E-state index contributed by atoms with van der Waals surface area (Å²) >= 11 is 0. The van der Waals surface area contributed by atoms with Gasteiger partial charge in [-0.05, 0) is 30.9 Å². The lowest BCUT2D eigenvalue weighted by molar-refractivity contribution is -0.117. The molecule has 4 nitrogen and oxygen atoms in total. The first-order valence-electron chi connectivity index (χ1n) is 7.54. The average molecular weight is 275 g/mol. The van der Waals surface area contributed by atoms with Crippen molar-refractivity contribution in [3.63, 3.8) is 0 Å². The van der Waals surface area contributed by atoms with Gasteiger partial charge in [0.05, 0.1) is 6.54 Å². The van der Waals surface area contributed by atoms with Gasteiger partial charge in [0.1, 0.15) is 0 Å². The minimum Gasteiger partial charge on any atom is -0.328 e. The Bertz CT molecular complexity index is 439. The van der Waals surface area contributed by atoms with Crippen molar-refractivity contribution >= 4 is 11.6 Å². The number of nitrogens with zero attached hydrogens (tertiary/aromatic N) is 1. The average Bonchev–Trinajstić information content (AvgIpc) is 2.44. The molecular weight excluding hydrogens is 250 g/mol. The third-order valence-electron chi connectivity index (χ3n) is 3.81. The molecule has 1 aliphatic rings. The van der Waals surface area contributed by atoms with Crippen LogP contribution in [0.1, 0.15) is 31.7 Å². The summed E-state index contributed by atoms with van der Waals surface area (Å²) in [5.74, 6) is 0.0732. The zero-order valence-corrected chi connectivity index (χ0v) is 12.3. The first kappa shape index (κ1) is 15.0. The Hall–Kier alpha value is -1.39. The van der Waals surface area contributed by atoms with Gasteiger partial charge in [-0.2, -0.15) is 0 Å². The Balaban J connectivity index is 1.88. The number of nitrogens with one attached hydrogen (secondary N) is 1. The highest BCUT2D eigenvalue weighted by Crippen LogP contribution is 2.17. The number of rotatable bonds is 5. The number of aryl methyl sites for hydroxylation is 1. The smallest absolute Gasteiger partial charge is 0.238 e. The minimum atomic E-state index is 0.0732. The van der Waals surface area contributed by atoms with E-state index in [0.29, 0.717) is 12.6 Å². The third kappa shape index (κ3) is 4.32. The van der Waals surface area contributed by atoms with Gasteiger partial charge < -0.3 is 11.1 Å². The molecule has 1 aliphatic heterocycles. The fourth-order valence-corrected chi connectivity index (χ4v) is 2.63. The topological polar surface area (TPSA) is 58.4 Å². The van der Waals surface area contributed by atoms with E-state index >= 15 is 0 Å². The number of carbonyl (C=O) groups excluding carboxylic acids is 1. The van der Waals surface area contributed by atoms with Crippen molar-refractivity contribution in [2.45, 2.75) is 38.6 Å². The molecule has 0 radical (unpaired) electrons. The molecule has 1 saturated heterocycles. The van der Waals surface area contributed by atoms with Crippen LogP contribution < -0.4 is 11.1 Å². The predicted molar refractivity (Wildman–Crippen MR) is 82.7 cm³/mol. The van der Waals surface area contributed by atoms with Gasteiger partial charge in [0.2, 0.25) is 5.91 Å². The number of nitrogens with two attached hydrogens (primary N) is 1. The molecule has 0 saturated carbocycles. The van der Waals surface area contributed by atoms with E-state index in [0.717, 1.165) is 44.5 Å². The molecule has 110 valence electrons. The Morgan fingerprint density at radius 1 is 1.35 bits per heavy atom. The lowest BCUT2D eigenvalue weighted by Crippen LogP contribution is -2.43. The first-order chi connectivity index (χ1) is 9.69. The molecule has 4 heteroatoms. The third-order valence-corrected chi connectivity index (χ3v) is 3.81. The number of hydrogen-bond donors (Lipinski definition) is 2. The van der Waals surface area contributed by atoms with Crippen LogP contribution >= 0.6 is 0 Å². The van der Waals surface area contributed by atoms with E-state index in [1.54, 1.807) is 0 Å². The minimum absolute atomic E-state index is 0.0732. The van der Waals surface area contributed by atoms with Gasteiger partial charge in [-0.1, -0.05) is 31.5 Å². The van der Waals surface area contributed by atoms with Crippen molar-refractivity contribution in [1.29, 1.82) is 0 Å². The fourth-order valence-electron chi connectivity index (χ4n) is 2.63. The SMILES string of the molecule is CCCc1ccccc1NC(=O)CN1CCC(N)CC1. The Morgan fingerprint density at radius 3 is 2.75 bits per heavy atom. The summed E-state index contributed by atoms with van der Waals surface area (Å²) < 4.78 is 0.